The lowest BCUT2D eigenvalue weighted by Gasteiger charge is -2.20. The monoisotopic (exact) mass is 500 g/mol. The largest absolute Gasteiger partial charge is 0.493 e. The van der Waals surface area contributed by atoms with Gasteiger partial charge in [0.15, 0.2) is 11.5 Å². The summed E-state index contributed by atoms with van der Waals surface area (Å²) in [7, 11) is 5.58. The topological polar surface area (TPSA) is 89.7 Å². The fraction of sp³-hybridized carbons (Fsp3) is 0.276. The first-order valence-corrected chi connectivity index (χ1v) is 12.1. The molecule has 0 aliphatic heterocycles. The standard InChI is InChI=1S/C29H32N4O4/c1-18-15-23(28-30-20(3)37-32-28)11-13-25(18)21-7-9-22(10-8-21)29(34)31-24-12-14-26(35-6)27(16-24)36-19(2)17-33(4)5/h7-16,19H,17H2,1-6H3,(H,31,34). The van der Waals surface area contributed by atoms with E-state index in [1.54, 1.807) is 32.2 Å². The highest BCUT2D eigenvalue weighted by atomic mass is 16.5. The van der Waals surface area contributed by atoms with Crippen LogP contribution in [0, 0.1) is 13.8 Å². The van der Waals surface area contributed by atoms with Gasteiger partial charge in [0.1, 0.15) is 6.10 Å². The van der Waals surface area contributed by atoms with E-state index in [0.29, 0.717) is 34.5 Å². The van der Waals surface area contributed by atoms with E-state index < -0.39 is 0 Å². The Bertz CT molecular complexity index is 1380. The second kappa shape index (κ2) is 11.3. The van der Waals surface area contributed by atoms with Gasteiger partial charge < -0.3 is 24.2 Å². The maximum atomic E-state index is 13.0. The molecule has 0 radical (unpaired) electrons. The van der Waals surface area contributed by atoms with Crippen LogP contribution in [0.5, 0.6) is 11.5 Å². The Kier molecular flexibility index (Phi) is 7.89. The highest BCUT2D eigenvalue weighted by molar-refractivity contribution is 6.04. The molecule has 4 aromatic rings. The Labute approximate surface area is 217 Å². The van der Waals surface area contributed by atoms with Crippen molar-refractivity contribution in [3.05, 3.63) is 77.7 Å². The Balaban J connectivity index is 1.47. The second-order valence-electron chi connectivity index (χ2n) is 9.25. The minimum absolute atomic E-state index is 0.0451. The first-order valence-electron chi connectivity index (χ1n) is 12.1. The van der Waals surface area contributed by atoms with Crippen LogP contribution in [0.15, 0.2) is 65.2 Å². The van der Waals surface area contributed by atoms with E-state index >= 15 is 0 Å². The van der Waals surface area contributed by atoms with E-state index in [1.807, 2.05) is 70.4 Å². The number of carbonyl (C=O) groups is 1. The quantitative estimate of drug-likeness (QED) is 0.319. The number of hydrogen-bond acceptors (Lipinski definition) is 7. The van der Waals surface area contributed by atoms with Crippen molar-refractivity contribution in [2.75, 3.05) is 33.1 Å². The lowest BCUT2D eigenvalue weighted by atomic mass is 9.97. The Morgan fingerprint density at radius 1 is 1.00 bits per heavy atom. The zero-order valence-electron chi connectivity index (χ0n) is 22.0. The maximum Gasteiger partial charge on any atom is 0.255 e. The van der Waals surface area contributed by atoms with Crippen molar-refractivity contribution in [1.82, 2.24) is 15.0 Å². The van der Waals surface area contributed by atoms with Gasteiger partial charge in [0.2, 0.25) is 11.7 Å². The summed E-state index contributed by atoms with van der Waals surface area (Å²) in [5, 5.41) is 6.94. The van der Waals surface area contributed by atoms with Crippen LogP contribution in [0.2, 0.25) is 0 Å². The summed E-state index contributed by atoms with van der Waals surface area (Å²) in [5.74, 6) is 2.09. The number of nitrogens with one attached hydrogen (secondary N) is 1. The summed E-state index contributed by atoms with van der Waals surface area (Å²) in [6.45, 7) is 6.55. The fourth-order valence-corrected chi connectivity index (χ4v) is 4.16. The molecule has 0 saturated carbocycles. The summed E-state index contributed by atoms with van der Waals surface area (Å²) >= 11 is 0. The molecule has 37 heavy (non-hydrogen) atoms. The van der Waals surface area contributed by atoms with Gasteiger partial charge in [-0.05, 0) is 75.0 Å². The molecule has 3 aromatic carbocycles. The van der Waals surface area contributed by atoms with Crippen molar-refractivity contribution in [3.8, 4) is 34.0 Å². The number of aryl methyl sites for hydroxylation is 2. The third kappa shape index (κ3) is 6.34. The van der Waals surface area contributed by atoms with Crippen LogP contribution >= 0.6 is 0 Å². The summed E-state index contributed by atoms with van der Waals surface area (Å²) < 4.78 is 16.6. The molecule has 1 N–H and O–H groups in total. The summed E-state index contributed by atoms with van der Waals surface area (Å²) in [4.78, 5) is 19.3. The van der Waals surface area contributed by atoms with E-state index in [0.717, 1.165) is 28.8 Å². The highest BCUT2D eigenvalue weighted by Gasteiger charge is 2.14. The third-order valence-corrected chi connectivity index (χ3v) is 5.84. The van der Waals surface area contributed by atoms with Gasteiger partial charge in [-0.1, -0.05) is 29.4 Å². The first-order chi connectivity index (χ1) is 17.7. The van der Waals surface area contributed by atoms with E-state index in [9.17, 15) is 4.79 Å². The van der Waals surface area contributed by atoms with Gasteiger partial charge in [0, 0.05) is 36.3 Å². The number of aromatic nitrogens is 2. The van der Waals surface area contributed by atoms with E-state index in [-0.39, 0.29) is 12.0 Å². The maximum absolute atomic E-state index is 13.0. The molecule has 1 aromatic heterocycles. The van der Waals surface area contributed by atoms with E-state index in [2.05, 4.69) is 20.4 Å². The Morgan fingerprint density at radius 2 is 1.73 bits per heavy atom. The molecule has 0 aliphatic rings. The number of anilines is 1. The van der Waals surface area contributed by atoms with Crippen molar-refractivity contribution in [2.24, 2.45) is 0 Å². The van der Waals surface area contributed by atoms with Crippen LogP contribution in [0.25, 0.3) is 22.5 Å². The van der Waals surface area contributed by atoms with Gasteiger partial charge in [-0.3, -0.25) is 4.79 Å². The Hall–Kier alpha value is -4.17. The number of hydrogen-bond donors (Lipinski definition) is 1. The van der Waals surface area contributed by atoms with Gasteiger partial charge in [-0.15, -0.1) is 0 Å². The zero-order valence-corrected chi connectivity index (χ0v) is 22.0. The molecule has 4 rings (SSSR count). The van der Waals surface area contributed by atoms with Crippen LogP contribution in [-0.2, 0) is 0 Å². The van der Waals surface area contributed by atoms with E-state index in [1.165, 1.54) is 0 Å². The van der Waals surface area contributed by atoms with Crippen molar-refractivity contribution >= 4 is 11.6 Å². The number of amides is 1. The van der Waals surface area contributed by atoms with Crippen molar-refractivity contribution < 1.29 is 18.8 Å². The molecule has 0 saturated heterocycles. The average Bonchev–Trinajstić information content (AvgIpc) is 3.30. The molecule has 0 bridgehead atoms. The molecule has 1 atom stereocenters. The normalized spacial score (nSPS) is 11.9. The number of carbonyl (C=O) groups excluding carboxylic acids is 1. The molecule has 192 valence electrons. The lowest BCUT2D eigenvalue weighted by Crippen LogP contribution is -2.28. The van der Waals surface area contributed by atoms with Gasteiger partial charge in [-0.2, -0.15) is 4.98 Å². The molecule has 1 unspecified atom stereocenters. The Morgan fingerprint density at radius 3 is 2.35 bits per heavy atom. The third-order valence-electron chi connectivity index (χ3n) is 5.84. The molecule has 1 heterocycles. The first kappa shape index (κ1) is 25.9. The molecule has 0 fully saturated rings. The SMILES string of the molecule is COc1ccc(NC(=O)c2ccc(-c3ccc(-c4noc(C)n4)cc3C)cc2)cc1OC(C)CN(C)C. The molecule has 1 amide bonds. The smallest absolute Gasteiger partial charge is 0.255 e. The predicted molar refractivity (Wildman–Crippen MR) is 144 cm³/mol. The van der Waals surface area contributed by atoms with E-state index in [4.69, 9.17) is 14.0 Å². The molecule has 8 nitrogen and oxygen atoms in total. The van der Waals surface area contributed by atoms with Gasteiger partial charge in [0.25, 0.3) is 5.91 Å². The minimum atomic E-state index is -0.205. The van der Waals surface area contributed by atoms with Gasteiger partial charge >= 0.3 is 0 Å². The number of ether oxygens (including phenoxy) is 2. The number of nitrogens with zero attached hydrogens (tertiary/aromatic N) is 3. The zero-order chi connectivity index (χ0) is 26.5. The van der Waals surface area contributed by atoms with Crippen LogP contribution in [0.3, 0.4) is 0 Å². The molecule has 0 spiro atoms. The molecule has 0 aliphatic carbocycles. The summed E-state index contributed by atoms with van der Waals surface area (Å²) in [6, 6.07) is 18.9. The fourth-order valence-electron chi connectivity index (χ4n) is 4.16. The average molecular weight is 501 g/mol. The number of rotatable bonds is 9. The number of benzene rings is 3. The number of likely N-dealkylation sites (N-methyl/N-ethyl adjacent to an activating group) is 1. The number of methoxy groups -OCH3 is 1. The minimum Gasteiger partial charge on any atom is -0.493 e. The van der Waals surface area contributed by atoms with Crippen LogP contribution in [0.4, 0.5) is 5.69 Å². The lowest BCUT2D eigenvalue weighted by molar-refractivity contribution is 0.102. The van der Waals surface area contributed by atoms with Crippen molar-refractivity contribution in [1.29, 1.82) is 0 Å². The van der Waals surface area contributed by atoms with Crippen LogP contribution in [-0.4, -0.2) is 54.8 Å². The summed E-state index contributed by atoms with van der Waals surface area (Å²) in [5.41, 5.74) is 5.24. The molecular weight excluding hydrogens is 468 g/mol. The molecular formula is C29H32N4O4. The summed E-state index contributed by atoms with van der Waals surface area (Å²) in [6.07, 6.45) is -0.0451. The van der Waals surface area contributed by atoms with Crippen molar-refractivity contribution in [2.45, 2.75) is 26.9 Å². The second-order valence-corrected chi connectivity index (χ2v) is 9.25. The highest BCUT2D eigenvalue weighted by Crippen LogP contribution is 2.32. The van der Waals surface area contributed by atoms with Crippen LogP contribution < -0.4 is 14.8 Å². The van der Waals surface area contributed by atoms with Gasteiger partial charge in [0.05, 0.1) is 7.11 Å². The van der Waals surface area contributed by atoms with Crippen LogP contribution in [0.1, 0.15) is 28.7 Å². The predicted octanol–water partition coefficient (Wildman–Crippen LogP) is 5.61. The molecule has 8 heteroatoms. The van der Waals surface area contributed by atoms with Crippen molar-refractivity contribution in [3.63, 3.8) is 0 Å². The van der Waals surface area contributed by atoms with Gasteiger partial charge in [-0.25, -0.2) is 0 Å².